The fourth-order valence-corrected chi connectivity index (χ4v) is 2.19. The first-order valence-electron chi connectivity index (χ1n) is 6.08. The van der Waals surface area contributed by atoms with Crippen molar-refractivity contribution in [2.75, 3.05) is 0 Å². The second-order valence-corrected chi connectivity index (χ2v) is 4.95. The lowest BCUT2D eigenvalue weighted by Crippen LogP contribution is -1.98. The number of aryl methyl sites for hydroxylation is 2. The second kappa shape index (κ2) is 4.69. The van der Waals surface area contributed by atoms with Gasteiger partial charge in [-0.25, -0.2) is 0 Å². The first-order valence-corrected chi connectivity index (χ1v) is 6.08. The van der Waals surface area contributed by atoms with Crippen LogP contribution in [0.25, 0.3) is 0 Å². The zero-order valence-electron chi connectivity index (χ0n) is 10.5. The summed E-state index contributed by atoms with van der Waals surface area (Å²) in [6.07, 6.45) is 9.23. The Morgan fingerprint density at radius 3 is 2.69 bits per heavy atom. The van der Waals surface area contributed by atoms with Crippen LogP contribution in [0.2, 0.25) is 0 Å². The summed E-state index contributed by atoms with van der Waals surface area (Å²) in [6, 6.07) is 6.78. The minimum atomic E-state index is 0.701. The van der Waals surface area contributed by atoms with Gasteiger partial charge in [-0.2, -0.15) is 0 Å². The van der Waals surface area contributed by atoms with E-state index in [9.17, 15) is 0 Å². The molecule has 0 amide bonds. The van der Waals surface area contributed by atoms with Crippen molar-refractivity contribution in [3.8, 4) is 0 Å². The van der Waals surface area contributed by atoms with Gasteiger partial charge in [-0.1, -0.05) is 43.4 Å². The van der Waals surface area contributed by atoms with E-state index in [4.69, 9.17) is 0 Å². The number of rotatable bonds is 2. The van der Waals surface area contributed by atoms with Crippen molar-refractivity contribution in [3.63, 3.8) is 0 Å². The molecule has 0 aliphatic heterocycles. The molecule has 0 radical (unpaired) electrons. The topological polar surface area (TPSA) is 0 Å². The monoisotopic (exact) mass is 212 g/mol. The third kappa shape index (κ3) is 2.63. The molecule has 16 heavy (non-hydrogen) atoms. The van der Waals surface area contributed by atoms with Crippen molar-refractivity contribution in [3.05, 3.63) is 58.7 Å². The Bertz CT molecular complexity index is 435. The molecule has 0 heterocycles. The zero-order chi connectivity index (χ0) is 11.5. The van der Waals surface area contributed by atoms with Crippen molar-refractivity contribution >= 4 is 0 Å². The van der Waals surface area contributed by atoms with Gasteiger partial charge in [-0.3, -0.25) is 0 Å². The van der Waals surface area contributed by atoms with Gasteiger partial charge in [-0.15, -0.1) is 0 Å². The van der Waals surface area contributed by atoms with Crippen LogP contribution >= 0.6 is 0 Å². The van der Waals surface area contributed by atoms with E-state index in [1.54, 1.807) is 0 Å². The molecule has 1 aromatic carbocycles. The molecule has 0 spiro atoms. The van der Waals surface area contributed by atoms with E-state index in [-0.39, 0.29) is 0 Å². The third-order valence-electron chi connectivity index (χ3n) is 3.32. The average Bonchev–Trinajstić information content (AvgIpc) is 2.24. The van der Waals surface area contributed by atoms with E-state index in [1.807, 2.05) is 0 Å². The quantitative estimate of drug-likeness (QED) is 0.683. The van der Waals surface area contributed by atoms with Crippen molar-refractivity contribution in [1.29, 1.82) is 0 Å². The van der Waals surface area contributed by atoms with Crippen LogP contribution in [-0.4, -0.2) is 0 Å². The van der Waals surface area contributed by atoms with Crippen molar-refractivity contribution in [2.45, 2.75) is 33.6 Å². The number of allylic oxidation sites excluding steroid dienone is 4. The van der Waals surface area contributed by atoms with Gasteiger partial charge in [0, 0.05) is 0 Å². The molecule has 0 nitrogen and oxygen atoms in total. The lowest BCUT2D eigenvalue weighted by Gasteiger charge is -2.13. The van der Waals surface area contributed by atoms with Crippen molar-refractivity contribution in [2.24, 2.45) is 5.92 Å². The van der Waals surface area contributed by atoms with Crippen LogP contribution < -0.4 is 0 Å². The second-order valence-electron chi connectivity index (χ2n) is 4.95. The molecule has 1 aromatic rings. The largest absolute Gasteiger partial charge is 0.0837 e. The van der Waals surface area contributed by atoms with E-state index in [2.05, 4.69) is 57.2 Å². The van der Waals surface area contributed by atoms with Gasteiger partial charge < -0.3 is 0 Å². The maximum absolute atomic E-state index is 2.40. The number of hydrogen-bond acceptors (Lipinski definition) is 0. The standard InChI is InChI=1S/C16H20/c1-12-5-4-6-15(9-12)11-16-8-7-13(2)14(3)10-16/h4,6-10,12H,5,11H2,1-3H3. The summed E-state index contributed by atoms with van der Waals surface area (Å²) in [6.45, 7) is 6.64. The van der Waals surface area contributed by atoms with Crippen LogP contribution in [0.15, 0.2) is 42.0 Å². The summed E-state index contributed by atoms with van der Waals surface area (Å²) in [7, 11) is 0. The van der Waals surface area contributed by atoms with Crippen molar-refractivity contribution < 1.29 is 0 Å². The highest BCUT2D eigenvalue weighted by molar-refractivity contribution is 5.35. The highest BCUT2D eigenvalue weighted by Crippen LogP contribution is 2.20. The molecule has 0 heteroatoms. The molecule has 0 bridgehead atoms. The molecular formula is C16H20. The molecule has 0 saturated heterocycles. The van der Waals surface area contributed by atoms with Gasteiger partial charge in [-0.05, 0) is 54.9 Å². The van der Waals surface area contributed by atoms with Crippen molar-refractivity contribution in [1.82, 2.24) is 0 Å². The highest BCUT2D eigenvalue weighted by Gasteiger charge is 2.05. The Kier molecular flexibility index (Phi) is 3.28. The van der Waals surface area contributed by atoms with Crippen LogP contribution in [0.1, 0.15) is 30.0 Å². The van der Waals surface area contributed by atoms with E-state index in [0.29, 0.717) is 5.92 Å². The molecular weight excluding hydrogens is 192 g/mol. The normalized spacial score (nSPS) is 19.7. The molecule has 1 unspecified atom stereocenters. The van der Waals surface area contributed by atoms with Gasteiger partial charge in [0.05, 0.1) is 0 Å². The maximum Gasteiger partial charge on any atom is -0.00288 e. The van der Waals surface area contributed by atoms with Gasteiger partial charge in [0.15, 0.2) is 0 Å². The molecule has 0 saturated carbocycles. The fraction of sp³-hybridized carbons (Fsp3) is 0.375. The first kappa shape index (κ1) is 11.2. The highest BCUT2D eigenvalue weighted by atomic mass is 14.1. The lowest BCUT2D eigenvalue weighted by atomic mass is 9.93. The molecule has 0 fully saturated rings. The molecule has 0 N–H and O–H groups in total. The smallest absolute Gasteiger partial charge is 0.00288 e. The summed E-state index contributed by atoms with van der Waals surface area (Å²) in [4.78, 5) is 0. The fourth-order valence-electron chi connectivity index (χ4n) is 2.19. The molecule has 1 aliphatic carbocycles. The third-order valence-corrected chi connectivity index (χ3v) is 3.32. The maximum atomic E-state index is 2.40. The average molecular weight is 212 g/mol. The summed E-state index contributed by atoms with van der Waals surface area (Å²) in [5.41, 5.74) is 5.66. The Hall–Kier alpha value is -1.30. The summed E-state index contributed by atoms with van der Waals surface area (Å²) >= 11 is 0. The Morgan fingerprint density at radius 2 is 2.00 bits per heavy atom. The summed E-state index contributed by atoms with van der Waals surface area (Å²) < 4.78 is 0. The van der Waals surface area contributed by atoms with Crippen LogP contribution in [0.4, 0.5) is 0 Å². The zero-order valence-corrected chi connectivity index (χ0v) is 10.5. The van der Waals surface area contributed by atoms with E-state index >= 15 is 0 Å². The number of benzene rings is 1. The van der Waals surface area contributed by atoms with Gasteiger partial charge >= 0.3 is 0 Å². The van der Waals surface area contributed by atoms with Crippen LogP contribution in [0.3, 0.4) is 0 Å². The predicted octanol–water partition coefficient (Wildman–Crippen LogP) is 4.37. The molecule has 84 valence electrons. The number of hydrogen-bond donors (Lipinski definition) is 0. The molecule has 1 aliphatic rings. The minimum absolute atomic E-state index is 0.701. The van der Waals surface area contributed by atoms with Crippen LogP contribution in [0, 0.1) is 19.8 Å². The lowest BCUT2D eigenvalue weighted by molar-refractivity contribution is 0.725. The molecule has 0 aromatic heterocycles. The molecule has 2 rings (SSSR count). The van der Waals surface area contributed by atoms with E-state index in [1.165, 1.54) is 28.7 Å². The summed E-state index contributed by atoms with van der Waals surface area (Å²) in [5.74, 6) is 0.701. The Morgan fingerprint density at radius 1 is 1.19 bits per heavy atom. The first-order chi connectivity index (χ1) is 7.65. The molecule has 1 atom stereocenters. The Balaban J connectivity index is 2.15. The predicted molar refractivity (Wildman–Crippen MR) is 70.6 cm³/mol. The van der Waals surface area contributed by atoms with Crippen LogP contribution in [-0.2, 0) is 6.42 Å². The minimum Gasteiger partial charge on any atom is -0.0837 e. The van der Waals surface area contributed by atoms with E-state index in [0.717, 1.165) is 6.42 Å². The Labute approximate surface area is 98.7 Å². The van der Waals surface area contributed by atoms with Gasteiger partial charge in [0.2, 0.25) is 0 Å². The van der Waals surface area contributed by atoms with Gasteiger partial charge in [0.25, 0.3) is 0 Å². The van der Waals surface area contributed by atoms with Gasteiger partial charge in [0.1, 0.15) is 0 Å². The summed E-state index contributed by atoms with van der Waals surface area (Å²) in [5, 5.41) is 0. The SMILES string of the molecule is Cc1ccc(CC2=CC(C)CC=C2)cc1C. The van der Waals surface area contributed by atoms with E-state index < -0.39 is 0 Å². The van der Waals surface area contributed by atoms with Crippen LogP contribution in [0.5, 0.6) is 0 Å².